The van der Waals surface area contributed by atoms with Crippen LogP contribution in [0.25, 0.3) is 17.2 Å². The molecule has 0 aliphatic carbocycles. The summed E-state index contributed by atoms with van der Waals surface area (Å²) in [5.74, 6) is 1.40. The van der Waals surface area contributed by atoms with E-state index in [2.05, 4.69) is 49.6 Å². The largest absolute Gasteiger partial charge is 0.323 e. The van der Waals surface area contributed by atoms with E-state index in [1.807, 2.05) is 35.7 Å². The molecule has 5 rings (SSSR count). The molecule has 2 aliphatic rings. The molecule has 1 aromatic heterocycles. The molecular weight excluding hydrogens is 456 g/mol. The highest BCUT2D eigenvalue weighted by molar-refractivity contribution is 7.12. The normalized spacial score (nSPS) is 20.8. The zero-order chi connectivity index (χ0) is 24.4. The van der Waals surface area contributed by atoms with Crippen molar-refractivity contribution in [2.45, 2.75) is 32.6 Å². The fourth-order valence-electron chi connectivity index (χ4n) is 4.41. The van der Waals surface area contributed by atoms with Crippen molar-refractivity contribution in [3.63, 3.8) is 0 Å². The maximum absolute atomic E-state index is 12.1. The van der Waals surface area contributed by atoms with E-state index in [0.717, 1.165) is 58.2 Å². The van der Waals surface area contributed by atoms with E-state index < -0.39 is 0 Å². The number of carbonyl (C=O) groups excluding carboxylic acids is 2. The predicted octanol–water partition coefficient (Wildman–Crippen LogP) is 5.75. The van der Waals surface area contributed by atoms with E-state index in [4.69, 9.17) is 10.1 Å². The standard InChI is InChI=1S/C28H26N4O2S/c1-3-4-11-26-30-28(25-10-7-16-35-25)31-32(26,2)21-14-12-19(13-15-21)22-9-6-5-8-20(22)17-23-24(33)18-27(34)29-23/h5-10,12-17H,3-4,11,18H2,1-2H3/p+1/b23-17-. The van der Waals surface area contributed by atoms with Crippen LogP contribution in [0, 0.1) is 0 Å². The van der Waals surface area contributed by atoms with Crippen molar-refractivity contribution < 1.29 is 9.59 Å². The smallest absolute Gasteiger partial charge is 0.236 e. The van der Waals surface area contributed by atoms with Crippen molar-refractivity contribution in [2.24, 2.45) is 10.1 Å². The number of thiophene rings is 1. The van der Waals surface area contributed by atoms with Gasteiger partial charge >= 0.3 is 0 Å². The fraction of sp³-hybridized carbons (Fsp3) is 0.214. The lowest BCUT2D eigenvalue weighted by Crippen LogP contribution is -2.43. The highest BCUT2D eigenvalue weighted by Crippen LogP contribution is 2.34. The first-order valence-corrected chi connectivity index (χ1v) is 12.7. The van der Waals surface area contributed by atoms with Crippen LogP contribution >= 0.6 is 11.3 Å². The van der Waals surface area contributed by atoms with E-state index in [0.29, 0.717) is 10.3 Å². The topological polar surface area (TPSA) is 70.9 Å². The number of unbranched alkanes of at least 4 members (excludes halogenated alkanes) is 1. The van der Waals surface area contributed by atoms with Gasteiger partial charge in [-0.05, 0) is 57.9 Å². The van der Waals surface area contributed by atoms with Crippen LogP contribution in [-0.2, 0) is 9.59 Å². The van der Waals surface area contributed by atoms with Crippen LogP contribution in [0.2, 0.25) is 0 Å². The number of aliphatic imine (C=N–C) groups is 1. The Hall–Kier alpha value is -3.68. The third-order valence-electron chi connectivity index (χ3n) is 6.37. The SMILES string of the molecule is CCCCC1=NC(c2cccs2)=N[N+]1(C)c1ccc(-c2ccccc2/C=C2\NC(=O)CC2=O)cc1. The lowest BCUT2D eigenvalue weighted by Gasteiger charge is -2.24. The first-order chi connectivity index (χ1) is 17.0. The van der Waals surface area contributed by atoms with Crippen LogP contribution < -0.4 is 9.91 Å². The molecule has 2 aliphatic heterocycles. The summed E-state index contributed by atoms with van der Waals surface area (Å²) in [5.41, 5.74) is 4.30. The minimum absolute atomic E-state index is 0.0882. The Morgan fingerprint density at radius 3 is 2.54 bits per heavy atom. The van der Waals surface area contributed by atoms with E-state index in [9.17, 15) is 9.59 Å². The Balaban J connectivity index is 1.49. The maximum Gasteiger partial charge on any atom is 0.236 e. The Bertz CT molecular complexity index is 1370. The van der Waals surface area contributed by atoms with Gasteiger partial charge in [0, 0.05) is 18.6 Å². The summed E-state index contributed by atoms with van der Waals surface area (Å²) in [6, 6.07) is 20.3. The summed E-state index contributed by atoms with van der Waals surface area (Å²) in [4.78, 5) is 29.7. The summed E-state index contributed by atoms with van der Waals surface area (Å²) in [5, 5.41) is 9.76. The van der Waals surface area contributed by atoms with Crippen molar-refractivity contribution in [2.75, 3.05) is 7.05 Å². The van der Waals surface area contributed by atoms with Crippen LogP contribution in [0.1, 0.15) is 43.0 Å². The molecule has 0 radical (unpaired) electrons. The van der Waals surface area contributed by atoms with Crippen molar-refractivity contribution in [3.05, 3.63) is 82.2 Å². The van der Waals surface area contributed by atoms with Crippen molar-refractivity contribution >= 4 is 46.5 Å². The average Bonchev–Trinajstić information content (AvgIpc) is 3.58. The van der Waals surface area contributed by atoms with Gasteiger partial charge in [0.25, 0.3) is 0 Å². The number of hydrogen-bond donors (Lipinski definition) is 1. The molecule has 1 atom stereocenters. The first-order valence-electron chi connectivity index (χ1n) is 11.8. The number of quaternary nitrogens is 1. The minimum Gasteiger partial charge on any atom is -0.323 e. The van der Waals surface area contributed by atoms with Crippen molar-refractivity contribution in [1.82, 2.24) is 9.91 Å². The molecule has 2 aromatic carbocycles. The van der Waals surface area contributed by atoms with Crippen molar-refractivity contribution in [1.29, 1.82) is 0 Å². The van der Waals surface area contributed by atoms with Gasteiger partial charge in [-0.3, -0.25) is 9.59 Å². The summed E-state index contributed by atoms with van der Waals surface area (Å²) in [6.45, 7) is 2.19. The minimum atomic E-state index is -0.256. The van der Waals surface area contributed by atoms with Crippen LogP contribution in [0.3, 0.4) is 0 Å². The second-order valence-corrected chi connectivity index (χ2v) is 9.78. The maximum atomic E-state index is 12.1. The average molecular weight is 484 g/mol. The Morgan fingerprint density at radius 1 is 1.06 bits per heavy atom. The molecular formula is C28H27N4O2S+. The summed E-state index contributed by atoms with van der Waals surface area (Å²) in [7, 11) is 2.09. The molecule has 1 saturated heterocycles. The van der Waals surface area contributed by atoms with Crippen LogP contribution in [0.15, 0.2) is 81.8 Å². The summed E-state index contributed by atoms with van der Waals surface area (Å²) >= 11 is 1.65. The molecule has 1 fully saturated rings. The molecule has 1 N–H and O–H groups in total. The number of amides is 1. The van der Waals surface area contributed by atoms with Crippen LogP contribution in [0.4, 0.5) is 5.69 Å². The fourth-order valence-corrected chi connectivity index (χ4v) is 5.06. The van der Waals surface area contributed by atoms with Gasteiger partial charge in [-0.1, -0.05) is 43.7 Å². The van der Waals surface area contributed by atoms with Gasteiger partial charge in [0.05, 0.1) is 17.0 Å². The first kappa shape index (κ1) is 23.1. The Morgan fingerprint density at radius 2 is 1.86 bits per heavy atom. The number of allylic oxidation sites excluding steroid dienone is 1. The lowest BCUT2D eigenvalue weighted by molar-refractivity contribution is -0.121. The zero-order valence-electron chi connectivity index (χ0n) is 19.8. The summed E-state index contributed by atoms with van der Waals surface area (Å²) in [6.07, 6.45) is 4.73. The van der Waals surface area contributed by atoms with E-state index in [1.165, 1.54) is 0 Å². The third-order valence-corrected chi connectivity index (χ3v) is 7.23. The second-order valence-electron chi connectivity index (χ2n) is 8.83. The van der Waals surface area contributed by atoms with E-state index >= 15 is 0 Å². The number of amidine groups is 2. The van der Waals surface area contributed by atoms with Gasteiger partial charge in [0.1, 0.15) is 7.05 Å². The van der Waals surface area contributed by atoms with Gasteiger partial charge < -0.3 is 5.32 Å². The molecule has 7 heteroatoms. The van der Waals surface area contributed by atoms with Gasteiger partial charge in [0.2, 0.25) is 17.6 Å². The highest BCUT2D eigenvalue weighted by atomic mass is 32.1. The highest BCUT2D eigenvalue weighted by Gasteiger charge is 2.39. The van der Waals surface area contributed by atoms with E-state index in [1.54, 1.807) is 17.4 Å². The number of nitrogens with one attached hydrogen (secondary N) is 1. The molecule has 176 valence electrons. The number of benzene rings is 2. The number of ketones is 1. The van der Waals surface area contributed by atoms with E-state index in [-0.39, 0.29) is 18.1 Å². The number of carbonyl (C=O) groups is 2. The van der Waals surface area contributed by atoms with Gasteiger partial charge in [-0.15, -0.1) is 15.9 Å². The third kappa shape index (κ3) is 4.52. The molecule has 1 unspecified atom stereocenters. The molecule has 6 nitrogen and oxygen atoms in total. The van der Waals surface area contributed by atoms with Gasteiger partial charge in [-0.2, -0.15) is 4.99 Å². The van der Waals surface area contributed by atoms with Crippen LogP contribution in [0.5, 0.6) is 0 Å². The van der Waals surface area contributed by atoms with Gasteiger partial charge in [-0.25, -0.2) is 0 Å². The molecule has 0 saturated carbocycles. The molecule has 1 amide bonds. The van der Waals surface area contributed by atoms with Crippen molar-refractivity contribution in [3.8, 4) is 11.1 Å². The lowest BCUT2D eigenvalue weighted by atomic mass is 9.98. The Labute approximate surface area is 208 Å². The van der Waals surface area contributed by atoms with Crippen LogP contribution in [-0.4, -0.2) is 30.4 Å². The predicted molar refractivity (Wildman–Crippen MR) is 143 cm³/mol. The number of Topliss-reactive ketones (excluding diaryl/α,β-unsaturated/α-hetero) is 1. The zero-order valence-corrected chi connectivity index (χ0v) is 20.6. The summed E-state index contributed by atoms with van der Waals surface area (Å²) < 4.78 is 0.319. The monoisotopic (exact) mass is 483 g/mol. The Kier molecular flexibility index (Phi) is 6.28. The number of hydrogen-bond acceptors (Lipinski definition) is 5. The quantitative estimate of drug-likeness (QED) is 0.264. The molecule has 3 heterocycles. The molecule has 3 aromatic rings. The van der Waals surface area contributed by atoms with Gasteiger partial charge in [0.15, 0.2) is 11.5 Å². The molecule has 35 heavy (non-hydrogen) atoms. The molecule has 0 bridgehead atoms. The second kappa shape index (κ2) is 9.52. The molecule has 0 spiro atoms. The number of nitrogens with zero attached hydrogens (tertiary/aromatic N) is 3. The number of rotatable bonds is 7.